The summed E-state index contributed by atoms with van der Waals surface area (Å²) in [6.45, 7) is 0. The standard InChI is InChI=1S/C10H9N5O/c16-10-13-9(7-12-15-10)14-11-6-8-4-2-1-3-5-8/h1-7H,(H2,13,14,15,16)/b11-6+. The molecule has 6 heteroatoms. The number of nitrogens with zero attached hydrogens (tertiary/aromatic N) is 3. The number of H-pyrrole nitrogens is 1. The molecule has 80 valence electrons. The Bertz CT molecular complexity index is 534. The number of hydrogen-bond acceptors (Lipinski definition) is 5. The lowest BCUT2D eigenvalue weighted by Crippen LogP contribution is -2.13. The topological polar surface area (TPSA) is 83.0 Å². The number of nitrogens with one attached hydrogen (secondary N) is 2. The lowest BCUT2D eigenvalue weighted by atomic mass is 10.2. The molecule has 6 nitrogen and oxygen atoms in total. The van der Waals surface area contributed by atoms with E-state index >= 15 is 0 Å². The number of aromatic amines is 1. The molecule has 2 rings (SSSR count). The summed E-state index contributed by atoms with van der Waals surface area (Å²) in [4.78, 5) is 14.4. The van der Waals surface area contributed by atoms with E-state index in [1.807, 2.05) is 30.3 Å². The SMILES string of the molecule is O=c1nc(N/N=C/c2ccccc2)cn[nH]1. The fraction of sp³-hybridized carbons (Fsp3) is 0. The van der Waals surface area contributed by atoms with Crippen molar-refractivity contribution in [1.82, 2.24) is 15.2 Å². The van der Waals surface area contributed by atoms with Gasteiger partial charge in [-0.25, -0.2) is 9.89 Å². The summed E-state index contributed by atoms with van der Waals surface area (Å²) >= 11 is 0. The van der Waals surface area contributed by atoms with Crippen LogP contribution in [0, 0.1) is 0 Å². The number of anilines is 1. The van der Waals surface area contributed by atoms with Crippen LogP contribution in [-0.4, -0.2) is 21.4 Å². The van der Waals surface area contributed by atoms with Crippen LogP contribution < -0.4 is 11.1 Å². The van der Waals surface area contributed by atoms with Crippen molar-refractivity contribution in [2.75, 3.05) is 5.43 Å². The molecule has 0 radical (unpaired) electrons. The summed E-state index contributed by atoms with van der Waals surface area (Å²) in [6.07, 6.45) is 3.01. The average molecular weight is 215 g/mol. The Morgan fingerprint density at radius 1 is 1.31 bits per heavy atom. The van der Waals surface area contributed by atoms with Gasteiger partial charge in [-0.3, -0.25) is 5.43 Å². The molecular weight excluding hydrogens is 206 g/mol. The monoisotopic (exact) mass is 215 g/mol. The highest BCUT2D eigenvalue weighted by atomic mass is 16.1. The minimum Gasteiger partial charge on any atom is -0.260 e. The first kappa shape index (κ1) is 10.0. The molecular formula is C10H9N5O. The third-order valence-corrected chi connectivity index (χ3v) is 1.76. The van der Waals surface area contributed by atoms with Gasteiger partial charge < -0.3 is 0 Å². The van der Waals surface area contributed by atoms with Gasteiger partial charge in [-0.05, 0) is 5.56 Å². The van der Waals surface area contributed by atoms with E-state index in [1.165, 1.54) is 6.20 Å². The van der Waals surface area contributed by atoms with Gasteiger partial charge in [-0.15, -0.1) is 0 Å². The first-order chi connectivity index (χ1) is 7.84. The van der Waals surface area contributed by atoms with Crippen LogP contribution in [-0.2, 0) is 0 Å². The first-order valence-electron chi connectivity index (χ1n) is 4.60. The van der Waals surface area contributed by atoms with Gasteiger partial charge in [-0.2, -0.15) is 15.2 Å². The first-order valence-corrected chi connectivity index (χ1v) is 4.60. The van der Waals surface area contributed by atoms with Crippen molar-refractivity contribution >= 4 is 12.0 Å². The van der Waals surface area contributed by atoms with E-state index in [9.17, 15) is 4.79 Å². The minimum absolute atomic E-state index is 0.302. The molecule has 0 aliphatic carbocycles. The van der Waals surface area contributed by atoms with E-state index in [1.54, 1.807) is 6.21 Å². The van der Waals surface area contributed by atoms with Crippen molar-refractivity contribution in [3.05, 3.63) is 52.6 Å². The summed E-state index contributed by atoms with van der Waals surface area (Å²) in [7, 11) is 0. The van der Waals surface area contributed by atoms with Gasteiger partial charge in [0.05, 0.1) is 12.4 Å². The van der Waals surface area contributed by atoms with Crippen molar-refractivity contribution in [3.63, 3.8) is 0 Å². The number of rotatable bonds is 3. The third kappa shape index (κ3) is 2.74. The van der Waals surface area contributed by atoms with Crippen molar-refractivity contribution in [3.8, 4) is 0 Å². The minimum atomic E-state index is -0.514. The van der Waals surface area contributed by atoms with Crippen molar-refractivity contribution in [2.24, 2.45) is 5.10 Å². The van der Waals surface area contributed by atoms with Crippen LogP contribution in [0.4, 0.5) is 5.82 Å². The van der Waals surface area contributed by atoms with Gasteiger partial charge >= 0.3 is 5.69 Å². The van der Waals surface area contributed by atoms with Crippen LogP contribution in [0.15, 0.2) is 46.4 Å². The normalized spacial score (nSPS) is 10.5. The Morgan fingerprint density at radius 3 is 2.88 bits per heavy atom. The molecule has 2 N–H and O–H groups in total. The quantitative estimate of drug-likeness (QED) is 0.580. The zero-order valence-corrected chi connectivity index (χ0v) is 8.29. The maximum atomic E-state index is 10.8. The maximum Gasteiger partial charge on any atom is 0.363 e. The van der Waals surface area contributed by atoms with Crippen LogP contribution in [0.3, 0.4) is 0 Å². The Morgan fingerprint density at radius 2 is 2.12 bits per heavy atom. The Balaban J connectivity index is 2.03. The lowest BCUT2D eigenvalue weighted by molar-refractivity contribution is 0.913. The number of hydrazone groups is 1. The van der Waals surface area contributed by atoms with Crippen molar-refractivity contribution in [2.45, 2.75) is 0 Å². The largest absolute Gasteiger partial charge is 0.363 e. The molecule has 0 atom stereocenters. The maximum absolute atomic E-state index is 10.8. The van der Waals surface area contributed by atoms with E-state index in [0.29, 0.717) is 5.82 Å². The van der Waals surface area contributed by atoms with Gasteiger partial charge in [-0.1, -0.05) is 30.3 Å². The second kappa shape index (κ2) is 4.83. The number of benzene rings is 1. The molecule has 0 fully saturated rings. The van der Waals surface area contributed by atoms with Crippen LogP contribution >= 0.6 is 0 Å². The van der Waals surface area contributed by atoms with Crippen LogP contribution in [0.1, 0.15) is 5.56 Å². The summed E-state index contributed by atoms with van der Waals surface area (Å²) in [5.41, 5.74) is 3.05. The van der Waals surface area contributed by atoms with Crippen molar-refractivity contribution < 1.29 is 0 Å². The van der Waals surface area contributed by atoms with E-state index in [2.05, 4.69) is 25.7 Å². The molecule has 0 saturated carbocycles. The number of aromatic nitrogens is 3. The molecule has 0 unspecified atom stereocenters. The van der Waals surface area contributed by atoms with Gasteiger partial charge in [0.1, 0.15) is 0 Å². The molecule has 1 heterocycles. The average Bonchev–Trinajstić information content (AvgIpc) is 2.30. The molecule has 0 aliphatic heterocycles. The molecule has 0 saturated heterocycles. The third-order valence-electron chi connectivity index (χ3n) is 1.76. The fourth-order valence-corrected chi connectivity index (χ4v) is 1.08. The van der Waals surface area contributed by atoms with Crippen LogP contribution in [0.5, 0.6) is 0 Å². The highest BCUT2D eigenvalue weighted by Crippen LogP contribution is 1.96. The Hall–Kier alpha value is -2.50. The van der Waals surface area contributed by atoms with Gasteiger partial charge in [0.25, 0.3) is 0 Å². The van der Waals surface area contributed by atoms with Gasteiger partial charge in [0.15, 0.2) is 5.82 Å². The smallest absolute Gasteiger partial charge is 0.260 e. The van der Waals surface area contributed by atoms with E-state index in [-0.39, 0.29) is 0 Å². The lowest BCUT2D eigenvalue weighted by Gasteiger charge is -1.95. The zero-order valence-electron chi connectivity index (χ0n) is 8.29. The van der Waals surface area contributed by atoms with Gasteiger partial charge in [0.2, 0.25) is 0 Å². The fourth-order valence-electron chi connectivity index (χ4n) is 1.08. The van der Waals surface area contributed by atoms with E-state index in [0.717, 1.165) is 5.56 Å². The second-order valence-electron chi connectivity index (χ2n) is 2.95. The molecule has 0 aliphatic rings. The predicted octanol–water partition coefficient (Wildman–Crippen LogP) is 0.611. The Kier molecular flexibility index (Phi) is 3.03. The predicted molar refractivity (Wildman–Crippen MR) is 60.3 cm³/mol. The summed E-state index contributed by atoms with van der Waals surface area (Å²) < 4.78 is 0. The molecule has 0 bridgehead atoms. The molecule has 0 spiro atoms. The highest BCUT2D eigenvalue weighted by Gasteiger charge is 1.91. The van der Waals surface area contributed by atoms with E-state index in [4.69, 9.17) is 0 Å². The summed E-state index contributed by atoms with van der Waals surface area (Å²) in [5, 5.41) is 9.67. The molecule has 1 aromatic carbocycles. The van der Waals surface area contributed by atoms with Crippen LogP contribution in [0.25, 0.3) is 0 Å². The molecule has 16 heavy (non-hydrogen) atoms. The zero-order chi connectivity index (χ0) is 11.2. The molecule has 1 aromatic heterocycles. The Labute approximate surface area is 91.1 Å². The summed E-state index contributed by atoms with van der Waals surface area (Å²) in [6, 6.07) is 9.57. The van der Waals surface area contributed by atoms with Crippen molar-refractivity contribution in [1.29, 1.82) is 0 Å². The summed E-state index contributed by atoms with van der Waals surface area (Å²) in [5.74, 6) is 0.302. The highest BCUT2D eigenvalue weighted by molar-refractivity contribution is 5.79. The number of hydrogen-bond donors (Lipinski definition) is 2. The van der Waals surface area contributed by atoms with Crippen LogP contribution in [0.2, 0.25) is 0 Å². The van der Waals surface area contributed by atoms with Gasteiger partial charge in [0, 0.05) is 0 Å². The van der Waals surface area contributed by atoms with E-state index < -0.39 is 5.69 Å². The second-order valence-corrected chi connectivity index (χ2v) is 2.95. The molecule has 2 aromatic rings. The molecule has 0 amide bonds.